The Morgan fingerprint density at radius 2 is 1.92 bits per heavy atom. The fraction of sp³-hybridized carbons (Fsp3) is 0.385. The Morgan fingerprint density at radius 1 is 1.06 bits per heavy atom. The lowest BCUT2D eigenvalue weighted by molar-refractivity contribution is 0.122. The third-order valence-corrected chi connectivity index (χ3v) is 6.60. The van der Waals surface area contributed by atoms with Crippen LogP contribution < -0.4 is 29.9 Å². The minimum atomic E-state index is 0.406. The van der Waals surface area contributed by atoms with Gasteiger partial charge >= 0.3 is 0 Å². The summed E-state index contributed by atoms with van der Waals surface area (Å²) in [5.74, 6) is 2.46. The normalized spacial score (nSPS) is 15.5. The molecule has 3 heterocycles. The lowest BCUT2D eigenvalue weighted by atomic mass is 10.2. The van der Waals surface area contributed by atoms with E-state index in [1.54, 1.807) is 13.3 Å². The average Bonchev–Trinajstić information content (AvgIpc) is 3.13. The van der Waals surface area contributed by atoms with Gasteiger partial charge in [-0.3, -0.25) is 0 Å². The van der Waals surface area contributed by atoms with Crippen molar-refractivity contribution in [3.8, 4) is 11.5 Å². The molecule has 0 unspecified atom stereocenters. The maximum atomic E-state index is 6.44. The van der Waals surface area contributed by atoms with E-state index < -0.39 is 0 Å². The van der Waals surface area contributed by atoms with E-state index in [1.165, 1.54) is 0 Å². The Labute approximate surface area is 216 Å². The minimum Gasteiger partial charge on any atom is -0.494 e. The number of nitrogens with zero attached hydrogens (tertiary/aromatic N) is 4. The van der Waals surface area contributed by atoms with Crippen LogP contribution in [0.1, 0.15) is 13.3 Å². The quantitative estimate of drug-likeness (QED) is 0.452. The number of hydrogen-bond acceptors (Lipinski definition) is 9. The van der Waals surface area contributed by atoms with Gasteiger partial charge in [0.25, 0.3) is 0 Å². The first-order chi connectivity index (χ1) is 17.6. The van der Waals surface area contributed by atoms with Gasteiger partial charge in [-0.25, -0.2) is 4.98 Å². The molecule has 2 aliphatic rings. The molecule has 0 bridgehead atoms. The number of anilines is 6. The van der Waals surface area contributed by atoms with Crippen molar-refractivity contribution in [3.63, 3.8) is 0 Å². The topological polar surface area (TPSA) is 84.0 Å². The van der Waals surface area contributed by atoms with Crippen LogP contribution >= 0.6 is 11.6 Å². The smallest absolute Gasteiger partial charge is 0.229 e. The van der Waals surface area contributed by atoms with Crippen LogP contribution in [0.5, 0.6) is 11.5 Å². The summed E-state index contributed by atoms with van der Waals surface area (Å²) < 4.78 is 17.1. The van der Waals surface area contributed by atoms with Gasteiger partial charge in [-0.05, 0) is 37.6 Å². The summed E-state index contributed by atoms with van der Waals surface area (Å²) in [6, 6.07) is 12.1. The van der Waals surface area contributed by atoms with Crippen LogP contribution in [0.4, 0.5) is 34.5 Å². The van der Waals surface area contributed by atoms with Crippen LogP contribution in [0.25, 0.3) is 0 Å². The molecular formula is C26H31ClN6O3. The van der Waals surface area contributed by atoms with Crippen LogP contribution in [0.3, 0.4) is 0 Å². The fourth-order valence-electron chi connectivity index (χ4n) is 4.43. The lowest BCUT2D eigenvalue weighted by Gasteiger charge is -2.29. The molecule has 0 saturated carbocycles. The summed E-state index contributed by atoms with van der Waals surface area (Å²) in [5, 5.41) is 6.98. The van der Waals surface area contributed by atoms with Crippen molar-refractivity contribution >= 4 is 46.1 Å². The molecule has 5 rings (SSSR count). The van der Waals surface area contributed by atoms with Gasteiger partial charge < -0.3 is 34.6 Å². The molecule has 2 aliphatic heterocycles. The van der Waals surface area contributed by atoms with E-state index >= 15 is 0 Å². The Hall–Kier alpha value is -3.43. The molecule has 10 heteroatoms. The van der Waals surface area contributed by atoms with Crippen molar-refractivity contribution in [2.45, 2.75) is 13.3 Å². The van der Waals surface area contributed by atoms with Gasteiger partial charge in [0.05, 0.1) is 44.5 Å². The highest BCUT2D eigenvalue weighted by atomic mass is 35.5. The number of rotatable bonds is 7. The summed E-state index contributed by atoms with van der Waals surface area (Å²) in [4.78, 5) is 13.6. The zero-order chi connectivity index (χ0) is 24.9. The number of methoxy groups -OCH3 is 1. The molecule has 0 spiro atoms. The number of benzene rings is 2. The molecule has 36 heavy (non-hydrogen) atoms. The van der Waals surface area contributed by atoms with Crippen LogP contribution in [0, 0.1) is 0 Å². The number of ether oxygens (including phenoxy) is 3. The van der Waals surface area contributed by atoms with E-state index in [4.69, 9.17) is 25.8 Å². The SMILES string of the molecule is CCN1CCCOc2cc(Nc3ncc(Cl)c(Nc4ccc(N5CCOCC5)cc4OC)n3)ccc21. The zero-order valence-electron chi connectivity index (χ0n) is 20.6. The Bertz CT molecular complexity index is 1200. The zero-order valence-corrected chi connectivity index (χ0v) is 21.3. The van der Waals surface area contributed by atoms with Gasteiger partial charge in [0.1, 0.15) is 16.5 Å². The largest absolute Gasteiger partial charge is 0.494 e. The molecule has 0 radical (unpaired) electrons. The highest BCUT2D eigenvalue weighted by Crippen LogP contribution is 2.36. The summed E-state index contributed by atoms with van der Waals surface area (Å²) in [5.41, 5.74) is 3.79. The standard InChI is InChI=1S/C26H31ClN6O3/c1-3-32-9-4-12-36-24-15-18(5-8-22(24)32)29-26-28-17-20(27)25(31-26)30-21-7-6-19(16-23(21)34-2)33-10-13-35-14-11-33/h5-8,15-17H,3-4,9-14H2,1-2H3,(H2,28,29,30,31). The number of morpholine rings is 1. The maximum Gasteiger partial charge on any atom is 0.229 e. The van der Waals surface area contributed by atoms with Crippen molar-refractivity contribution in [1.82, 2.24) is 9.97 Å². The Kier molecular flexibility index (Phi) is 7.48. The third-order valence-electron chi connectivity index (χ3n) is 6.33. The van der Waals surface area contributed by atoms with Crippen molar-refractivity contribution in [2.24, 2.45) is 0 Å². The van der Waals surface area contributed by atoms with E-state index in [0.717, 1.165) is 74.3 Å². The Balaban J connectivity index is 1.35. The van der Waals surface area contributed by atoms with Crippen LogP contribution in [0.2, 0.25) is 5.02 Å². The summed E-state index contributed by atoms with van der Waals surface area (Å²) in [7, 11) is 1.65. The fourth-order valence-corrected chi connectivity index (χ4v) is 4.57. The number of hydrogen-bond donors (Lipinski definition) is 2. The van der Waals surface area contributed by atoms with E-state index in [0.29, 0.717) is 29.1 Å². The Morgan fingerprint density at radius 3 is 2.72 bits per heavy atom. The minimum absolute atomic E-state index is 0.406. The monoisotopic (exact) mass is 510 g/mol. The summed E-state index contributed by atoms with van der Waals surface area (Å²) in [6.07, 6.45) is 2.57. The van der Waals surface area contributed by atoms with Crippen molar-refractivity contribution in [3.05, 3.63) is 47.6 Å². The van der Waals surface area contributed by atoms with Crippen molar-refractivity contribution < 1.29 is 14.2 Å². The highest BCUT2D eigenvalue weighted by molar-refractivity contribution is 6.33. The highest BCUT2D eigenvalue weighted by Gasteiger charge is 2.17. The molecule has 3 aromatic rings. The van der Waals surface area contributed by atoms with Crippen LogP contribution in [-0.2, 0) is 4.74 Å². The maximum absolute atomic E-state index is 6.44. The van der Waals surface area contributed by atoms with Gasteiger partial charge in [-0.1, -0.05) is 11.6 Å². The number of nitrogens with one attached hydrogen (secondary N) is 2. The molecule has 1 aromatic heterocycles. The molecule has 2 aromatic carbocycles. The average molecular weight is 511 g/mol. The third kappa shape index (κ3) is 5.37. The molecule has 1 saturated heterocycles. The first-order valence-electron chi connectivity index (χ1n) is 12.2. The van der Waals surface area contributed by atoms with Crippen molar-refractivity contribution in [2.75, 3.05) is 73.5 Å². The van der Waals surface area contributed by atoms with Gasteiger partial charge in [0, 0.05) is 49.7 Å². The molecule has 0 amide bonds. The first kappa shape index (κ1) is 24.3. The van der Waals surface area contributed by atoms with Gasteiger partial charge in [-0.15, -0.1) is 0 Å². The summed E-state index contributed by atoms with van der Waals surface area (Å²) in [6.45, 7) is 7.94. The van der Waals surface area contributed by atoms with E-state index in [1.807, 2.05) is 24.3 Å². The number of aromatic nitrogens is 2. The summed E-state index contributed by atoms with van der Waals surface area (Å²) >= 11 is 6.44. The molecule has 1 fully saturated rings. The molecule has 2 N–H and O–H groups in total. The first-order valence-corrected chi connectivity index (χ1v) is 12.6. The van der Waals surface area contributed by atoms with Gasteiger partial charge in [0.15, 0.2) is 5.82 Å². The molecule has 0 aliphatic carbocycles. The lowest BCUT2D eigenvalue weighted by Crippen LogP contribution is -2.36. The number of fused-ring (bicyclic) bond motifs is 1. The second-order valence-electron chi connectivity index (χ2n) is 8.59. The molecule has 0 atom stereocenters. The van der Waals surface area contributed by atoms with E-state index in [9.17, 15) is 0 Å². The van der Waals surface area contributed by atoms with Crippen LogP contribution in [0.15, 0.2) is 42.6 Å². The predicted octanol–water partition coefficient (Wildman–Crippen LogP) is 5.07. The second-order valence-corrected chi connectivity index (χ2v) is 9.00. The number of halogens is 1. The van der Waals surface area contributed by atoms with Crippen molar-refractivity contribution in [1.29, 1.82) is 0 Å². The predicted molar refractivity (Wildman–Crippen MR) is 144 cm³/mol. The van der Waals surface area contributed by atoms with Crippen LogP contribution in [-0.4, -0.2) is 63.1 Å². The van der Waals surface area contributed by atoms with E-state index in [-0.39, 0.29) is 0 Å². The molecule has 9 nitrogen and oxygen atoms in total. The molecular weight excluding hydrogens is 480 g/mol. The van der Waals surface area contributed by atoms with Gasteiger partial charge in [-0.2, -0.15) is 4.98 Å². The second kappa shape index (κ2) is 11.1. The van der Waals surface area contributed by atoms with Gasteiger partial charge in [0.2, 0.25) is 5.95 Å². The molecule has 190 valence electrons. The van der Waals surface area contributed by atoms with E-state index in [2.05, 4.69) is 49.5 Å².